The predicted molar refractivity (Wildman–Crippen MR) is 94.9 cm³/mol. The van der Waals surface area contributed by atoms with Crippen molar-refractivity contribution in [1.82, 2.24) is 9.88 Å². The highest BCUT2D eigenvalue weighted by atomic mass is 16.5. The molecule has 6 heteroatoms. The van der Waals surface area contributed by atoms with Gasteiger partial charge in [-0.05, 0) is 31.9 Å². The molecule has 1 saturated carbocycles. The number of carboxylic acids is 1. The molecule has 1 aromatic rings. The van der Waals surface area contributed by atoms with Gasteiger partial charge in [0.05, 0.1) is 17.4 Å². The quantitative estimate of drug-likeness (QED) is 0.766. The molecule has 2 rings (SSSR count). The number of amides is 1. The Kier molecular flexibility index (Phi) is 5.83. The minimum atomic E-state index is -1.04. The molecule has 1 fully saturated rings. The van der Waals surface area contributed by atoms with Crippen LogP contribution in [0.4, 0.5) is 0 Å². The fourth-order valence-electron chi connectivity index (χ4n) is 3.40. The van der Waals surface area contributed by atoms with Gasteiger partial charge in [0, 0.05) is 25.1 Å². The fourth-order valence-corrected chi connectivity index (χ4v) is 3.40. The molecule has 0 aliphatic heterocycles. The number of unbranched alkanes of at least 4 members (excludes halogenated alkanes) is 1. The summed E-state index contributed by atoms with van der Waals surface area (Å²) in [7, 11) is 1.78. The molecule has 1 aromatic heterocycles. The van der Waals surface area contributed by atoms with E-state index in [1.54, 1.807) is 18.9 Å². The molecule has 1 aliphatic rings. The zero-order chi connectivity index (χ0) is 18.8. The summed E-state index contributed by atoms with van der Waals surface area (Å²) in [5, 5.41) is 9.08. The van der Waals surface area contributed by atoms with E-state index in [9.17, 15) is 9.59 Å². The number of aromatic carboxylic acids is 1. The number of ether oxygens (including phenoxy) is 1. The lowest BCUT2D eigenvalue weighted by Crippen LogP contribution is -2.62. The van der Waals surface area contributed by atoms with Crippen molar-refractivity contribution < 1.29 is 19.4 Å². The van der Waals surface area contributed by atoms with Crippen molar-refractivity contribution in [3.63, 3.8) is 0 Å². The van der Waals surface area contributed by atoms with E-state index in [2.05, 4.69) is 25.8 Å². The molecule has 2 unspecified atom stereocenters. The average molecular weight is 348 g/mol. The number of aryl methyl sites for hydroxylation is 1. The van der Waals surface area contributed by atoms with Crippen LogP contribution in [-0.4, -0.2) is 52.7 Å². The van der Waals surface area contributed by atoms with Gasteiger partial charge in [0.15, 0.2) is 0 Å². The average Bonchev–Trinajstić information content (AvgIpc) is 2.55. The number of hydrogen-bond acceptors (Lipinski definition) is 4. The number of nitrogens with zero attached hydrogens (tertiary/aromatic N) is 2. The molecule has 6 nitrogen and oxygen atoms in total. The Balaban J connectivity index is 2.06. The number of hydrogen-bond donors (Lipinski definition) is 1. The molecule has 25 heavy (non-hydrogen) atoms. The van der Waals surface area contributed by atoms with Gasteiger partial charge in [-0.25, -0.2) is 9.78 Å². The molecule has 0 saturated heterocycles. The summed E-state index contributed by atoms with van der Waals surface area (Å²) >= 11 is 0. The fraction of sp³-hybridized carbons (Fsp3) is 0.632. The van der Waals surface area contributed by atoms with E-state index in [0.29, 0.717) is 5.69 Å². The number of carboxylic acid groups (broad SMARTS) is 1. The van der Waals surface area contributed by atoms with Crippen molar-refractivity contribution in [2.75, 3.05) is 13.7 Å². The van der Waals surface area contributed by atoms with E-state index in [0.717, 1.165) is 25.9 Å². The predicted octanol–water partition coefficient (Wildman–Crippen LogP) is 3.14. The second-order valence-corrected chi connectivity index (χ2v) is 7.34. The standard InChI is InChI=1S/C19H28N2O4/c1-6-7-10-25-16-11-15(19(16,3)4)21(5)17(22)14-9-8-13(18(23)24)12(2)20-14/h8-9,15-16H,6-7,10-11H2,1-5H3,(H,23,24). The third kappa shape index (κ3) is 3.84. The van der Waals surface area contributed by atoms with Crippen molar-refractivity contribution >= 4 is 11.9 Å². The van der Waals surface area contributed by atoms with Crippen LogP contribution in [0.3, 0.4) is 0 Å². The van der Waals surface area contributed by atoms with E-state index >= 15 is 0 Å². The summed E-state index contributed by atoms with van der Waals surface area (Å²) in [4.78, 5) is 29.7. The SMILES string of the molecule is CCCCOC1CC(N(C)C(=O)c2ccc(C(=O)O)c(C)n2)C1(C)C. The third-order valence-corrected chi connectivity index (χ3v) is 5.27. The number of aromatic nitrogens is 1. The molecule has 1 heterocycles. The third-order valence-electron chi connectivity index (χ3n) is 5.27. The van der Waals surface area contributed by atoms with Gasteiger partial charge in [0.1, 0.15) is 5.69 Å². The highest BCUT2D eigenvalue weighted by Gasteiger charge is 2.52. The Morgan fingerprint density at radius 2 is 2.08 bits per heavy atom. The molecular formula is C19H28N2O4. The van der Waals surface area contributed by atoms with E-state index < -0.39 is 5.97 Å². The van der Waals surface area contributed by atoms with E-state index in [-0.39, 0.29) is 34.7 Å². The van der Waals surface area contributed by atoms with Gasteiger partial charge in [-0.1, -0.05) is 27.2 Å². The first-order valence-electron chi connectivity index (χ1n) is 8.79. The van der Waals surface area contributed by atoms with Gasteiger partial charge in [-0.3, -0.25) is 4.79 Å². The van der Waals surface area contributed by atoms with Crippen molar-refractivity contribution in [2.45, 2.75) is 59.1 Å². The van der Waals surface area contributed by atoms with Crippen LogP contribution < -0.4 is 0 Å². The maximum Gasteiger partial charge on any atom is 0.337 e. The van der Waals surface area contributed by atoms with Crippen molar-refractivity contribution in [1.29, 1.82) is 0 Å². The molecule has 0 radical (unpaired) electrons. The minimum absolute atomic E-state index is 0.0767. The van der Waals surface area contributed by atoms with Crippen molar-refractivity contribution in [3.05, 3.63) is 29.1 Å². The molecule has 138 valence electrons. The Morgan fingerprint density at radius 3 is 2.60 bits per heavy atom. The van der Waals surface area contributed by atoms with Crippen molar-refractivity contribution in [2.24, 2.45) is 5.41 Å². The van der Waals surface area contributed by atoms with Gasteiger partial charge in [-0.2, -0.15) is 0 Å². The molecule has 1 aliphatic carbocycles. The maximum absolute atomic E-state index is 12.7. The van der Waals surface area contributed by atoms with E-state index in [4.69, 9.17) is 9.84 Å². The van der Waals surface area contributed by atoms with Gasteiger partial charge in [-0.15, -0.1) is 0 Å². The van der Waals surface area contributed by atoms with Crippen molar-refractivity contribution in [3.8, 4) is 0 Å². The topological polar surface area (TPSA) is 79.7 Å². The van der Waals surface area contributed by atoms with Gasteiger partial charge >= 0.3 is 5.97 Å². The molecular weight excluding hydrogens is 320 g/mol. The Bertz CT molecular complexity index is 657. The van der Waals surface area contributed by atoms with E-state index in [1.165, 1.54) is 12.1 Å². The lowest BCUT2D eigenvalue weighted by molar-refractivity contribution is -0.140. The number of carbonyl (C=O) groups is 2. The van der Waals surface area contributed by atoms with Crippen LogP contribution in [0.15, 0.2) is 12.1 Å². The Labute approximate surface area is 149 Å². The first-order valence-corrected chi connectivity index (χ1v) is 8.79. The highest BCUT2D eigenvalue weighted by molar-refractivity contribution is 5.94. The second-order valence-electron chi connectivity index (χ2n) is 7.34. The summed E-state index contributed by atoms with van der Waals surface area (Å²) in [6, 6.07) is 3.00. The maximum atomic E-state index is 12.7. The summed E-state index contributed by atoms with van der Waals surface area (Å²) in [6.07, 6.45) is 3.12. The van der Waals surface area contributed by atoms with Gasteiger partial charge in [0.25, 0.3) is 5.91 Å². The zero-order valence-electron chi connectivity index (χ0n) is 15.7. The first kappa shape index (κ1) is 19.4. The monoisotopic (exact) mass is 348 g/mol. The molecule has 0 spiro atoms. The zero-order valence-corrected chi connectivity index (χ0v) is 15.7. The van der Waals surface area contributed by atoms with Crippen LogP contribution in [0, 0.1) is 12.3 Å². The Hall–Kier alpha value is -1.95. The Morgan fingerprint density at radius 1 is 1.40 bits per heavy atom. The number of rotatable bonds is 7. The highest BCUT2D eigenvalue weighted by Crippen LogP contribution is 2.45. The molecule has 1 N–H and O–H groups in total. The summed E-state index contributed by atoms with van der Waals surface area (Å²) < 4.78 is 5.94. The van der Waals surface area contributed by atoms with Crippen LogP contribution in [0.5, 0.6) is 0 Å². The van der Waals surface area contributed by atoms with Crippen LogP contribution in [0.1, 0.15) is 66.6 Å². The van der Waals surface area contributed by atoms with Crippen LogP contribution in [0.25, 0.3) is 0 Å². The molecule has 1 amide bonds. The molecule has 0 bridgehead atoms. The smallest absolute Gasteiger partial charge is 0.337 e. The number of carbonyl (C=O) groups excluding carboxylic acids is 1. The normalized spacial score (nSPS) is 21.5. The summed E-state index contributed by atoms with van der Waals surface area (Å²) in [5.41, 5.74) is 0.623. The summed E-state index contributed by atoms with van der Waals surface area (Å²) in [5.74, 6) is -1.23. The van der Waals surface area contributed by atoms with Crippen LogP contribution >= 0.6 is 0 Å². The summed E-state index contributed by atoms with van der Waals surface area (Å²) in [6.45, 7) is 8.73. The molecule has 2 atom stereocenters. The van der Waals surface area contributed by atoms with Gasteiger partial charge in [0.2, 0.25) is 0 Å². The first-order chi connectivity index (χ1) is 11.7. The van der Waals surface area contributed by atoms with E-state index in [1.807, 2.05) is 0 Å². The second kappa shape index (κ2) is 7.52. The lowest BCUT2D eigenvalue weighted by Gasteiger charge is -2.54. The minimum Gasteiger partial charge on any atom is -0.478 e. The largest absolute Gasteiger partial charge is 0.478 e. The van der Waals surface area contributed by atoms with Gasteiger partial charge < -0.3 is 14.7 Å². The lowest BCUT2D eigenvalue weighted by atomic mass is 9.63. The molecule has 0 aromatic carbocycles. The van der Waals surface area contributed by atoms with Crippen LogP contribution in [0.2, 0.25) is 0 Å². The van der Waals surface area contributed by atoms with Crippen LogP contribution in [-0.2, 0) is 4.74 Å². The number of pyridine rings is 1.